The van der Waals surface area contributed by atoms with Crippen LogP contribution in [0.15, 0.2) is 0 Å². The minimum absolute atomic E-state index is 0.141. The summed E-state index contributed by atoms with van der Waals surface area (Å²) in [5, 5.41) is 16.2. The Labute approximate surface area is 701 Å². The van der Waals surface area contributed by atoms with E-state index < -0.39 is 130 Å². The number of nitrogens with one attached hydrogen (secondary N) is 2. The lowest BCUT2D eigenvalue weighted by Gasteiger charge is -2.45. The highest BCUT2D eigenvalue weighted by molar-refractivity contribution is 7.46. The number of carbonyl (C=O) groups excluding carboxylic acids is 7. The molecule has 0 aliphatic carbocycles. The summed E-state index contributed by atoms with van der Waals surface area (Å²) >= 11 is 0. The molecule has 0 spiro atoms. The number of aliphatic hydroxyl groups is 1. The second-order valence-corrected chi connectivity index (χ2v) is 35.0. The van der Waals surface area contributed by atoms with E-state index in [1.54, 1.807) is 0 Å². The van der Waals surface area contributed by atoms with E-state index in [9.17, 15) is 53.0 Å². The van der Waals surface area contributed by atoms with Crippen molar-refractivity contribution >= 4 is 49.4 Å². The number of hydrogen-bond acceptors (Lipinski definition) is 17. The van der Waals surface area contributed by atoms with Gasteiger partial charge in [0.1, 0.15) is 42.6 Å². The van der Waals surface area contributed by atoms with Crippen molar-refractivity contribution in [2.45, 2.75) is 540 Å². The molecule has 0 saturated carbocycles. The molecule has 1 aliphatic rings. The Bertz CT molecular complexity index is 2380. The molecule has 3 amide bonds. The number of phosphoric ester groups is 1. The van der Waals surface area contributed by atoms with Gasteiger partial charge in [-0.1, -0.05) is 388 Å². The number of imide groups is 1. The third-order valence-corrected chi connectivity index (χ3v) is 23.2. The Morgan fingerprint density at radius 3 is 0.922 bits per heavy atom. The molecule has 676 valence electrons. The van der Waals surface area contributed by atoms with Crippen molar-refractivity contribution < 1.29 is 86.0 Å². The van der Waals surface area contributed by atoms with Gasteiger partial charge in [-0.2, -0.15) is 0 Å². The van der Waals surface area contributed by atoms with Crippen LogP contribution in [-0.4, -0.2) is 125 Å². The summed E-state index contributed by atoms with van der Waals surface area (Å²) in [6, 6.07) is -3.34. The van der Waals surface area contributed by atoms with Crippen molar-refractivity contribution in [3.63, 3.8) is 0 Å². The van der Waals surface area contributed by atoms with E-state index in [4.69, 9.17) is 38.7 Å². The molecule has 1 unspecified atom stereocenters. The number of rotatable bonds is 84. The quantitative estimate of drug-likeness (QED) is 0.0143. The molecule has 0 aromatic rings. The van der Waals surface area contributed by atoms with E-state index >= 15 is 0 Å². The molecular formula is C93H176N3O18P. The number of unbranched alkanes of at least 4 members (excludes halogenated alkanes) is 54. The van der Waals surface area contributed by atoms with Gasteiger partial charge in [-0.3, -0.25) is 43.4 Å². The van der Waals surface area contributed by atoms with Gasteiger partial charge < -0.3 is 54.4 Å². The van der Waals surface area contributed by atoms with Gasteiger partial charge in [0.2, 0.25) is 17.7 Å². The molecule has 21 nitrogen and oxygen atoms in total. The van der Waals surface area contributed by atoms with Gasteiger partial charge in [-0.05, 0) is 57.8 Å². The first kappa shape index (κ1) is 109. The van der Waals surface area contributed by atoms with Gasteiger partial charge >= 0.3 is 31.7 Å². The van der Waals surface area contributed by atoms with Crippen LogP contribution < -0.4 is 16.4 Å². The van der Waals surface area contributed by atoms with Crippen molar-refractivity contribution in [1.82, 2.24) is 10.6 Å². The van der Waals surface area contributed by atoms with Crippen molar-refractivity contribution in [2.24, 2.45) is 5.73 Å². The standard InChI is InChI=1S/C93H176N3O18P/c1-7-13-19-25-31-37-40-46-52-58-64-70-85(100)109-78(67-61-55-49-43-34-28-22-16-10-4)73-83(98)95-89-91(113-88(103)75-80(69-63-57-51-45-36-30-24-18-12-6)111-87(102)72-66-60-54-48-42-39-33-27-21-15-9-3)90(114-115(105,106)107)82(76-97)112-93(89)108-77-81(94)92(104)96-84(99)74-79(68-62-56-50-44-35-29-23-17-11-5)110-86(101)71-65-59-53-47-41-38-32-26-20-14-8-2/h78-82,89-91,93,97H,7-77,94H2,1-6H3,(H,95,98)(H,96,99,104)(H2,105,106,107)/t78-,79-,80-,81+,82-,89-,90-,91-,93?/m1/s1. The van der Waals surface area contributed by atoms with Crippen molar-refractivity contribution in [1.29, 1.82) is 0 Å². The maximum Gasteiger partial charge on any atom is 0.470 e. The van der Waals surface area contributed by atoms with E-state index in [0.29, 0.717) is 57.8 Å². The number of ether oxygens (including phenoxy) is 6. The van der Waals surface area contributed by atoms with Gasteiger partial charge in [0.15, 0.2) is 12.4 Å². The normalized spacial score (nSPS) is 16.7. The van der Waals surface area contributed by atoms with E-state index in [2.05, 4.69) is 52.2 Å². The van der Waals surface area contributed by atoms with Crippen LogP contribution in [0.2, 0.25) is 0 Å². The van der Waals surface area contributed by atoms with Gasteiger partial charge in [0.05, 0.1) is 32.5 Å². The first-order valence-corrected chi connectivity index (χ1v) is 49.7. The van der Waals surface area contributed by atoms with E-state index in [1.807, 2.05) is 0 Å². The highest BCUT2D eigenvalue weighted by atomic mass is 31.2. The lowest BCUT2D eigenvalue weighted by molar-refractivity contribution is -0.271. The maximum absolute atomic E-state index is 14.9. The highest BCUT2D eigenvalue weighted by Crippen LogP contribution is 2.43. The minimum atomic E-state index is -5.55. The van der Waals surface area contributed by atoms with Crippen molar-refractivity contribution in [3.05, 3.63) is 0 Å². The summed E-state index contributed by atoms with van der Waals surface area (Å²) in [6.45, 7) is 11.5. The Morgan fingerprint density at radius 2 is 0.635 bits per heavy atom. The van der Waals surface area contributed by atoms with Gasteiger partial charge in [0, 0.05) is 19.3 Å². The SMILES string of the molecule is CCCCCCCCCCCCCC(=O)O[C@H](CCCCCCCCCCC)CC(=O)NC(=O)[C@@H](N)COC1O[C@H](CO)[C@@H](OP(=O)(O)O)[C@H](OC(=O)C[C@@H](CCCCCCCCCCC)OC(=O)CCCCCCCCCCCCC)[C@H]1NC(=O)C[C@@H](CCCCCCCCCCC)OC(=O)CCCCCCCCCCCCC. The number of esters is 4. The van der Waals surface area contributed by atoms with Gasteiger partial charge in [-0.25, -0.2) is 4.57 Å². The zero-order chi connectivity index (χ0) is 84.3. The molecule has 1 rings (SSSR count). The van der Waals surface area contributed by atoms with Crippen LogP contribution >= 0.6 is 7.82 Å². The average Bonchev–Trinajstić information content (AvgIpc) is 0.779. The van der Waals surface area contributed by atoms with Crippen LogP contribution in [0, 0.1) is 0 Å². The molecular weight excluding hydrogens is 1480 g/mol. The minimum Gasteiger partial charge on any atom is -0.462 e. The molecule has 0 radical (unpaired) electrons. The monoisotopic (exact) mass is 1650 g/mol. The number of hydrogen-bond donors (Lipinski definition) is 6. The van der Waals surface area contributed by atoms with Gasteiger partial charge in [-0.15, -0.1) is 0 Å². The van der Waals surface area contributed by atoms with Crippen molar-refractivity contribution in [3.8, 4) is 0 Å². The lowest BCUT2D eigenvalue weighted by Crippen LogP contribution is -2.66. The Hall–Kier alpha value is -3.56. The second-order valence-electron chi connectivity index (χ2n) is 33.8. The zero-order valence-corrected chi connectivity index (χ0v) is 75.3. The summed E-state index contributed by atoms with van der Waals surface area (Å²) in [5.74, 6) is -4.78. The van der Waals surface area contributed by atoms with Crippen LogP contribution in [0.1, 0.15) is 485 Å². The fraction of sp³-hybridized carbons (Fsp3) is 0.925. The fourth-order valence-corrected chi connectivity index (χ4v) is 16.1. The number of nitrogens with two attached hydrogens (primary N) is 1. The number of carbonyl (C=O) groups is 7. The number of aliphatic hydroxyl groups excluding tert-OH is 1. The zero-order valence-electron chi connectivity index (χ0n) is 74.4. The molecule has 115 heavy (non-hydrogen) atoms. The maximum atomic E-state index is 14.9. The van der Waals surface area contributed by atoms with Crippen LogP contribution in [0.5, 0.6) is 0 Å². The molecule has 1 saturated heterocycles. The summed E-state index contributed by atoms with van der Waals surface area (Å²) in [7, 11) is -5.55. The second kappa shape index (κ2) is 77.7. The molecule has 1 aliphatic heterocycles. The number of phosphoric acid groups is 1. The van der Waals surface area contributed by atoms with Crippen LogP contribution in [0.4, 0.5) is 0 Å². The molecule has 22 heteroatoms. The predicted molar refractivity (Wildman–Crippen MR) is 464 cm³/mol. The molecule has 0 aromatic carbocycles. The molecule has 9 atom stereocenters. The third-order valence-electron chi connectivity index (χ3n) is 22.7. The third kappa shape index (κ3) is 65.8. The smallest absolute Gasteiger partial charge is 0.462 e. The largest absolute Gasteiger partial charge is 0.470 e. The van der Waals surface area contributed by atoms with Gasteiger partial charge in [0.25, 0.3) is 0 Å². The molecule has 0 bridgehead atoms. The summed E-state index contributed by atoms with van der Waals surface area (Å²) in [6.07, 6.45) is 55.0. The molecule has 1 heterocycles. The Kier molecular flexibility index (Phi) is 74.0. The topological polar surface area (TPSA) is 312 Å². The van der Waals surface area contributed by atoms with E-state index in [1.165, 1.54) is 173 Å². The van der Waals surface area contributed by atoms with Crippen LogP contribution in [0.3, 0.4) is 0 Å². The average molecular weight is 1660 g/mol. The molecule has 0 aromatic heterocycles. The van der Waals surface area contributed by atoms with Crippen molar-refractivity contribution in [2.75, 3.05) is 13.2 Å². The molecule has 7 N–H and O–H groups in total. The summed E-state index contributed by atoms with van der Waals surface area (Å²) < 4.78 is 55.3. The van der Waals surface area contributed by atoms with Crippen LogP contribution in [0.25, 0.3) is 0 Å². The van der Waals surface area contributed by atoms with E-state index in [0.717, 1.165) is 173 Å². The lowest BCUT2D eigenvalue weighted by atomic mass is 9.95. The highest BCUT2D eigenvalue weighted by Gasteiger charge is 2.52. The fourth-order valence-electron chi connectivity index (χ4n) is 15.6. The van der Waals surface area contributed by atoms with E-state index in [-0.39, 0.29) is 25.7 Å². The predicted octanol–water partition coefficient (Wildman–Crippen LogP) is 23.3. The number of amides is 3. The Morgan fingerprint density at radius 1 is 0.365 bits per heavy atom. The summed E-state index contributed by atoms with van der Waals surface area (Å²) in [5.41, 5.74) is 6.53. The first-order valence-electron chi connectivity index (χ1n) is 48.1. The van der Waals surface area contributed by atoms with Crippen LogP contribution in [-0.2, 0) is 71.1 Å². The summed E-state index contributed by atoms with van der Waals surface area (Å²) in [4.78, 5) is 120. The molecule has 1 fully saturated rings. The Balaban J connectivity index is 3.74. The first-order chi connectivity index (χ1) is 55.8.